The highest BCUT2D eigenvalue weighted by Crippen LogP contribution is 2.21. The fraction of sp³-hybridized carbons (Fsp3) is 0.684. The van der Waals surface area contributed by atoms with Crippen molar-refractivity contribution in [2.24, 2.45) is 0 Å². The quantitative estimate of drug-likeness (QED) is 0.452. The van der Waals surface area contributed by atoms with Crippen molar-refractivity contribution in [1.82, 2.24) is 4.90 Å². The molecule has 0 N–H and O–H groups in total. The number of nitrogens with zero attached hydrogens (tertiary/aromatic N) is 1. The van der Waals surface area contributed by atoms with Crippen molar-refractivity contribution in [3.63, 3.8) is 0 Å². The van der Waals surface area contributed by atoms with Gasteiger partial charge in [0, 0.05) is 0 Å². The van der Waals surface area contributed by atoms with Crippen molar-refractivity contribution in [3.05, 3.63) is 33.8 Å². The molecule has 0 fully saturated rings. The molecule has 0 aromatic heterocycles. The molecule has 1 rings (SSSR count). The van der Waals surface area contributed by atoms with E-state index >= 15 is 0 Å². The maximum atomic E-state index is 5.68. The van der Waals surface area contributed by atoms with Gasteiger partial charge in [0.05, 0.1) is 10.0 Å². The predicted molar refractivity (Wildman–Crippen MR) is 113 cm³/mol. The summed E-state index contributed by atoms with van der Waals surface area (Å²) < 4.78 is 0. The van der Waals surface area contributed by atoms with E-state index in [0.29, 0.717) is 10.0 Å². The molecule has 1 aromatic rings. The molecule has 0 aliphatic carbocycles. The van der Waals surface area contributed by atoms with Gasteiger partial charge in [0.25, 0.3) is 0 Å². The summed E-state index contributed by atoms with van der Waals surface area (Å²) in [4.78, 5) is 2.00. The van der Waals surface area contributed by atoms with Crippen LogP contribution < -0.4 is 0 Å². The third kappa shape index (κ3) is 42.7. The Morgan fingerprint density at radius 1 is 0.773 bits per heavy atom. The molecular weight excluding hydrogens is 313 g/mol. The van der Waals surface area contributed by atoms with Crippen LogP contribution in [0.2, 0.25) is 10.0 Å². The van der Waals surface area contributed by atoms with E-state index in [1.807, 2.05) is 45.1 Å². The Hall–Kier alpha value is -0.240. The van der Waals surface area contributed by atoms with E-state index < -0.39 is 0 Å². The summed E-state index contributed by atoms with van der Waals surface area (Å²) in [6.45, 7) is 10.5. The van der Waals surface area contributed by atoms with Gasteiger partial charge in [-0.25, -0.2) is 0 Å². The lowest BCUT2D eigenvalue weighted by atomic mass is 10.2. The second kappa shape index (κ2) is 28.9. The number of aryl methyl sites for hydroxylation is 1. The maximum absolute atomic E-state index is 5.68. The average Bonchev–Trinajstić information content (AvgIpc) is 2.25. The van der Waals surface area contributed by atoms with Crippen LogP contribution >= 0.6 is 23.2 Å². The van der Waals surface area contributed by atoms with Gasteiger partial charge >= 0.3 is 0 Å². The van der Waals surface area contributed by atoms with Crippen LogP contribution in [0.15, 0.2) is 18.2 Å². The Bertz CT molecular complexity index is 282. The van der Waals surface area contributed by atoms with Gasteiger partial charge in [0.15, 0.2) is 0 Å². The Labute approximate surface area is 153 Å². The molecule has 0 aliphatic rings. The van der Waals surface area contributed by atoms with Crippen LogP contribution in [-0.2, 0) is 0 Å². The Morgan fingerprint density at radius 2 is 1.05 bits per heavy atom. The van der Waals surface area contributed by atoms with Crippen LogP contribution in [0.3, 0.4) is 0 Å². The summed E-state index contributed by atoms with van der Waals surface area (Å²) in [5, 5.41) is 1.24. The highest BCUT2D eigenvalue weighted by atomic mass is 35.5. The number of hydrogen-bond donors (Lipinski definition) is 0. The minimum atomic E-state index is 0. The van der Waals surface area contributed by atoms with Crippen molar-refractivity contribution in [2.45, 2.75) is 69.7 Å². The summed E-state index contributed by atoms with van der Waals surface area (Å²) in [5.41, 5.74) is 1.13. The standard InChI is InChI=1S/C7H6Cl2.C3H9N.2C3H8.3CH4/c1-5-2-3-6(8)7(9)4-5;1-4(2)3;2*1-3-2;;;/h2-4H,1H3;1-3H3;2*3H2,1-2H3;3*1H4. The van der Waals surface area contributed by atoms with Crippen LogP contribution in [0.5, 0.6) is 0 Å². The molecule has 0 heterocycles. The van der Waals surface area contributed by atoms with Gasteiger partial charge in [0.2, 0.25) is 0 Å². The van der Waals surface area contributed by atoms with Crippen LogP contribution in [0.1, 0.15) is 68.4 Å². The second-order valence-corrected chi connectivity index (χ2v) is 5.49. The first-order valence-corrected chi connectivity index (χ1v) is 7.54. The van der Waals surface area contributed by atoms with Gasteiger partial charge < -0.3 is 4.90 Å². The second-order valence-electron chi connectivity index (χ2n) is 4.67. The molecule has 0 spiro atoms. The van der Waals surface area contributed by atoms with Crippen molar-refractivity contribution in [1.29, 1.82) is 0 Å². The van der Waals surface area contributed by atoms with Crippen molar-refractivity contribution >= 4 is 23.2 Å². The molecule has 0 radical (unpaired) electrons. The normalized spacial score (nSPS) is 7.23. The minimum absolute atomic E-state index is 0. The summed E-state index contributed by atoms with van der Waals surface area (Å²) >= 11 is 11.3. The number of halogens is 2. The highest BCUT2D eigenvalue weighted by Gasteiger charge is 1.93. The van der Waals surface area contributed by atoms with Gasteiger partial charge in [-0.05, 0) is 45.8 Å². The zero-order valence-corrected chi connectivity index (χ0v) is 15.4. The Morgan fingerprint density at radius 3 is 1.23 bits per heavy atom. The first-order chi connectivity index (χ1) is 8.76. The van der Waals surface area contributed by atoms with Crippen LogP contribution in [0.4, 0.5) is 0 Å². The summed E-state index contributed by atoms with van der Waals surface area (Å²) in [6, 6.07) is 5.55. The zero-order valence-electron chi connectivity index (χ0n) is 13.8. The van der Waals surface area contributed by atoms with Crippen LogP contribution in [0, 0.1) is 6.92 Å². The average molecular weight is 356 g/mol. The van der Waals surface area contributed by atoms with E-state index in [9.17, 15) is 0 Å². The third-order valence-corrected chi connectivity index (χ3v) is 1.81. The van der Waals surface area contributed by atoms with E-state index in [2.05, 4.69) is 27.7 Å². The van der Waals surface area contributed by atoms with E-state index in [1.165, 1.54) is 12.8 Å². The summed E-state index contributed by atoms with van der Waals surface area (Å²) in [7, 11) is 6.00. The number of benzene rings is 1. The maximum Gasteiger partial charge on any atom is 0.0594 e. The first kappa shape index (κ1) is 37.8. The van der Waals surface area contributed by atoms with E-state index in [4.69, 9.17) is 23.2 Å². The minimum Gasteiger partial charge on any atom is -0.312 e. The molecule has 1 nitrogen and oxygen atoms in total. The van der Waals surface area contributed by atoms with Crippen LogP contribution in [-0.4, -0.2) is 26.0 Å². The molecule has 0 saturated heterocycles. The molecule has 0 atom stereocenters. The van der Waals surface area contributed by atoms with Crippen molar-refractivity contribution in [2.75, 3.05) is 21.1 Å². The molecule has 0 aliphatic heterocycles. The first-order valence-electron chi connectivity index (χ1n) is 6.79. The molecule has 0 bridgehead atoms. The van der Waals surface area contributed by atoms with E-state index in [0.717, 1.165) is 5.56 Å². The molecule has 0 amide bonds. The van der Waals surface area contributed by atoms with Crippen molar-refractivity contribution < 1.29 is 0 Å². The number of rotatable bonds is 0. The van der Waals surface area contributed by atoms with Crippen LogP contribution in [0.25, 0.3) is 0 Å². The van der Waals surface area contributed by atoms with Crippen molar-refractivity contribution in [3.8, 4) is 0 Å². The molecule has 1 aromatic carbocycles. The fourth-order valence-electron chi connectivity index (χ4n) is 0.601. The van der Waals surface area contributed by atoms with Gasteiger partial charge in [-0.3, -0.25) is 0 Å². The number of hydrogen-bond acceptors (Lipinski definition) is 1. The lowest BCUT2D eigenvalue weighted by molar-refractivity contribution is 0.505. The van der Waals surface area contributed by atoms with E-state index in [1.54, 1.807) is 6.07 Å². The summed E-state index contributed by atoms with van der Waals surface area (Å²) in [5.74, 6) is 0. The largest absolute Gasteiger partial charge is 0.312 e. The SMILES string of the molecule is C.C.C.CCC.CCC.CN(C)C.Cc1ccc(Cl)c(Cl)c1. The van der Waals surface area contributed by atoms with Gasteiger partial charge in [-0.15, -0.1) is 0 Å². The molecule has 22 heavy (non-hydrogen) atoms. The molecule has 0 saturated carbocycles. The lowest BCUT2D eigenvalue weighted by Crippen LogP contribution is -1.99. The highest BCUT2D eigenvalue weighted by molar-refractivity contribution is 6.41. The Balaban J connectivity index is -0.0000000428. The lowest BCUT2D eigenvalue weighted by Gasteiger charge is -1.94. The van der Waals surface area contributed by atoms with E-state index in [-0.39, 0.29) is 22.3 Å². The van der Waals surface area contributed by atoms with Gasteiger partial charge in [-0.1, -0.05) is 92.1 Å². The van der Waals surface area contributed by atoms with Gasteiger partial charge in [0.1, 0.15) is 0 Å². The summed E-state index contributed by atoms with van der Waals surface area (Å²) in [6.07, 6.45) is 2.50. The third-order valence-electron chi connectivity index (χ3n) is 1.08. The smallest absolute Gasteiger partial charge is 0.0594 e. The molecule has 0 unspecified atom stereocenters. The topological polar surface area (TPSA) is 3.24 Å². The predicted octanol–water partition coefficient (Wildman–Crippen LogP) is 8.22. The molecule has 138 valence electrons. The monoisotopic (exact) mass is 355 g/mol. The molecular formula is C19H43Cl2N. The fourth-order valence-corrected chi connectivity index (χ4v) is 0.954. The molecule has 3 heteroatoms. The zero-order chi connectivity index (χ0) is 15.8. The Kier molecular flexibility index (Phi) is 49.5. The van der Waals surface area contributed by atoms with Gasteiger partial charge in [-0.2, -0.15) is 0 Å².